The van der Waals surface area contributed by atoms with E-state index in [1.165, 1.54) is 4.88 Å². The van der Waals surface area contributed by atoms with Crippen molar-refractivity contribution >= 4 is 22.9 Å². The molecule has 15 heavy (non-hydrogen) atoms. The zero-order valence-electron chi connectivity index (χ0n) is 8.07. The van der Waals surface area contributed by atoms with Gasteiger partial charge in [-0.25, -0.2) is 4.98 Å². The van der Waals surface area contributed by atoms with Crippen LogP contribution in [0.4, 0.5) is 0 Å². The van der Waals surface area contributed by atoms with Crippen LogP contribution in [-0.4, -0.2) is 11.5 Å². The second kappa shape index (κ2) is 4.79. The van der Waals surface area contributed by atoms with Gasteiger partial charge in [0.25, 0.3) is 0 Å². The van der Waals surface area contributed by atoms with Gasteiger partial charge >= 0.3 is 0 Å². The maximum absolute atomic E-state index is 5.69. The van der Waals surface area contributed by atoms with Crippen LogP contribution < -0.4 is 5.73 Å². The Labute approximate surface area is 96.9 Å². The zero-order valence-corrected chi connectivity index (χ0v) is 9.64. The molecule has 2 heterocycles. The first-order chi connectivity index (χ1) is 7.29. The predicted molar refractivity (Wildman–Crippen MR) is 62.2 cm³/mol. The van der Waals surface area contributed by atoms with E-state index in [9.17, 15) is 0 Å². The molecule has 0 fully saturated rings. The van der Waals surface area contributed by atoms with E-state index in [2.05, 4.69) is 4.98 Å². The molecule has 0 bridgehead atoms. The van der Waals surface area contributed by atoms with Crippen molar-refractivity contribution in [3.63, 3.8) is 0 Å². The maximum atomic E-state index is 5.69. The molecule has 0 saturated carbocycles. The molecule has 5 heteroatoms. The van der Waals surface area contributed by atoms with Crippen molar-refractivity contribution in [2.75, 3.05) is 6.54 Å². The summed E-state index contributed by atoms with van der Waals surface area (Å²) in [5.41, 5.74) is 5.45. The second-order valence-corrected chi connectivity index (χ2v) is 4.62. The lowest BCUT2D eigenvalue weighted by Crippen LogP contribution is -1.99. The molecule has 0 aliphatic carbocycles. The minimum absolute atomic E-state index is 0.392. The summed E-state index contributed by atoms with van der Waals surface area (Å²) < 4.78 is 5.28. The van der Waals surface area contributed by atoms with Crippen LogP contribution in [-0.2, 0) is 6.42 Å². The van der Waals surface area contributed by atoms with Crippen molar-refractivity contribution in [2.24, 2.45) is 5.73 Å². The average Bonchev–Trinajstić information content (AvgIpc) is 2.83. The van der Waals surface area contributed by atoms with E-state index in [0.717, 1.165) is 23.6 Å². The number of hydrogen-bond acceptors (Lipinski definition) is 4. The molecule has 0 amide bonds. The molecular weight excluding hydrogens is 232 g/mol. The Bertz CT molecular complexity index is 438. The molecule has 2 aromatic heterocycles. The lowest BCUT2D eigenvalue weighted by atomic mass is 10.3. The van der Waals surface area contributed by atoms with Gasteiger partial charge in [0, 0.05) is 11.1 Å². The number of rotatable bonds is 4. The van der Waals surface area contributed by atoms with E-state index >= 15 is 0 Å². The highest BCUT2D eigenvalue weighted by atomic mass is 35.5. The van der Waals surface area contributed by atoms with Crippen LogP contribution in [0.5, 0.6) is 0 Å². The third-order valence-corrected chi connectivity index (χ3v) is 3.24. The number of hydrogen-bond donors (Lipinski definition) is 1. The third kappa shape index (κ3) is 2.59. The summed E-state index contributed by atoms with van der Waals surface area (Å²) in [4.78, 5) is 5.50. The van der Waals surface area contributed by atoms with Gasteiger partial charge in [-0.15, -0.1) is 11.3 Å². The predicted octanol–water partition coefficient (Wildman–Crippen LogP) is 2.95. The van der Waals surface area contributed by atoms with Gasteiger partial charge in [0.15, 0.2) is 16.0 Å². The molecule has 0 saturated heterocycles. The van der Waals surface area contributed by atoms with Gasteiger partial charge in [-0.1, -0.05) is 0 Å². The number of thiazole rings is 1. The summed E-state index contributed by atoms with van der Waals surface area (Å²) in [6.45, 7) is 0.708. The van der Waals surface area contributed by atoms with Crippen molar-refractivity contribution in [3.05, 3.63) is 28.4 Å². The number of nitrogens with zero attached hydrogens (tertiary/aromatic N) is 1. The molecule has 2 N–H and O–H groups in total. The fourth-order valence-electron chi connectivity index (χ4n) is 1.24. The monoisotopic (exact) mass is 242 g/mol. The molecule has 2 rings (SSSR count). The van der Waals surface area contributed by atoms with Crippen molar-refractivity contribution in [3.8, 4) is 10.8 Å². The number of aryl methyl sites for hydroxylation is 1. The van der Waals surface area contributed by atoms with Crippen LogP contribution in [0.1, 0.15) is 11.3 Å². The summed E-state index contributed by atoms with van der Waals surface area (Å²) in [6.07, 6.45) is 3.83. The molecule has 0 atom stereocenters. The highest BCUT2D eigenvalue weighted by Gasteiger charge is 2.08. The van der Waals surface area contributed by atoms with E-state index in [4.69, 9.17) is 21.8 Å². The largest absolute Gasteiger partial charge is 0.442 e. The van der Waals surface area contributed by atoms with Crippen LogP contribution in [0.3, 0.4) is 0 Å². The average molecular weight is 243 g/mol. The van der Waals surface area contributed by atoms with Gasteiger partial charge in [0.2, 0.25) is 0 Å². The summed E-state index contributed by atoms with van der Waals surface area (Å²) >= 11 is 7.31. The van der Waals surface area contributed by atoms with E-state index in [0.29, 0.717) is 11.8 Å². The Hall–Kier alpha value is -0.840. The Morgan fingerprint density at radius 2 is 2.33 bits per heavy atom. The Kier molecular flexibility index (Phi) is 3.41. The Balaban J connectivity index is 2.13. The first kappa shape index (κ1) is 10.7. The number of furan rings is 1. The zero-order chi connectivity index (χ0) is 10.7. The van der Waals surface area contributed by atoms with Crippen LogP contribution >= 0.6 is 22.9 Å². The fraction of sp³-hybridized carbons (Fsp3) is 0.300. The Morgan fingerprint density at radius 3 is 3.00 bits per heavy atom. The van der Waals surface area contributed by atoms with Gasteiger partial charge in [0.1, 0.15) is 0 Å². The lowest BCUT2D eigenvalue weighted by Gasteiger charge is -1.91. The van der Waals surface area contributed by atoms with Crippen molar-refractivity contribution < 1.29 is 4.42 Å². The van der Waals surface area contributed by atoms with Crippen molar-refractivity contribution in [1.29, 1.82) is 0 Å². The quantitative estimate of drug-likeness (QED) is 0.897. The van der Waals surface area contributed by atoms with Crippen LogP contribution in [0.15, 0.2) is 22.7 Å². The molecule has 0 aliphatic rings. The van der Waals surface area contributed by atoms with Gasteiger partial charge in [-0.05, 0) is 43.1 Å². The van der Waals surface area contributed by atoms with E-state index < -0.39 is 0 Å². The van der Waals surface area contributed by atoms with Gasteiger partial charge in [-0.2, -0.15) is 0 Å². The van der Waals surface area contributed by atoms with Crippen molar-refractivity contribution in [1.82, 2.24) is 4.98 Å². The highest BCUT2D eigenvalue weighted by Crippen LogP contribution is 2.28. The molecule has 0 aliphatic heterocycles. The summed E-state index contributed by atoms with van der Waals surface area (Å²) in [5, 5.41) is 1.26. The van der Waals surface area contributed by atoms with Crippen molar-refractivity contribution in [2.45, 2.75) is 12.8 Å². The molecule has 0 aromatic carbocycles. The molecule has 0 spiro atoms. The summed E-state index contributed by atoms with van der Waals surface area (Å²) in [7, 11) is 0. The smallest absolute Gasteiger partial charge is 0.194 e. The van der Waals surface area contributed by atoms with Crippen LogP contribution in [0.2, 0.25) is 5.22 Å². The molecule has 2 aromatic rings. The maximum Gasteiger partial charge on any atom is 0.194 e. The molecule has 0 unspecified atom stereocenters. The minimum Gasteiger partial charge on any atom is -0.442 e. The van der Waals surface area contributed by atoms with Gasteiger partial charge in [0.05, 0.1) is 0 Å². The SMILES string of the molecule is NCCCc1cnc(-c2ccc(Cl)o2)s1. The van der Waals surface area contributed by atoms with E-state index in [-0.39, 0.29) is 0 Å². The standard InChI is InChI=1S/C10H11ClN2OS/c11-9-4-3-8(14-9)10-13-6-7(15-10)2-1-5-12/h3-4,6H,1-2,5,12H2. The van der Waals surface area contributed by atoms with E-state index in [1.807, 2.05) is 12.3 Å². The minimum atomic E-state index is 0.392. The highest BCUT2D eigenvalue weighted by molar-refractivity contribution is 7.14. The number of halogens is 1. The Morgan fingerprint density at radius 1 is 1.47 bits per heavy atom. The number of aromatic nitrogens is 1. The molecule has 3 nitrogen and oxygen atoms in total. The lowest BCUT2D eigenvalue weighted by molar-refractivity contribution is 0.584. The van der Waals surface area contributed by atoms with Gasteiger partial charge < -0.3 is 10.2 Å². The summed E-state index contributed by atoms with van der Waals surface area (Å²) in [6, 6.07) is 3.55. The number of nitrogens with two attached hydrogens (primary N) is 1. The van der Waals surface area contributed by atoms with E-state index in [1.54, 1.807) is 17.4 Å². The first-order valence-corrected chi connectivity index (χ1v) is 5.89. The third-order valence-electron chi connectivity index (χ3n) is 1.96. The normalized spacial score (nSPS) is 10.8. The topological polar surface area (TPSA) is 52.0 Å². The fourth-order valence-corrected chi connectivity index (χ4v) is 2.30. The molecule has 80 valence electrons. The molecule has 0 radical (unpaired) electrons. The molecular formula is C10H11ClN2OS. The summed E-state index contributed by atoms with van der Waals surface area (Å²) in [5.74, 6) is 0.726. The van der Waals surface area contributed by atoms with Gasteiger partial charge in [-0.3, -0.25) is 0 Å². The van der Waals surface area contributed by atoms with Crippen LogP contribution in [0.25, 0.3) is 10.8 Å². The van der Waals surface area contributed by atoms with Crippen LogP contribution in [0, 0.1) is 0 Å². The second-order valence-electron chi connectivity index (χ2n) is 3.13. The first-order valence-electron chi connectivity index (χ1n) is 4.70.